The van der Waals surface area contributed by atoms with Crippen molar-refractivity contribution >= 4 is 51.9 Å². The number of fused-ring (bicyclic) bond motifs is 1. The molecular weight excluding hydrogens is 666 g/mol. The minimum absolute atomic E-state index is 0.00364. The van der Waals surface area contributed by atoms with Gasteiger partial charge in [0.1, 0.15) is 5.60 Å². The third-order valence-electron chi connectivity index (χ3n) is 8.76. The van der Waals surface area contributed by atoms with Crippen molar-refractivity contribution in [1.29, 1.82) is 0 Å². The summed E-state index contributed by atoms with van der Waals surface area (Å²) in [5, 5.41) is 17.0. The van der Waals surface area contributed by atoms with Crippen molar-refractivity contribution in [3.8, 4) is 0 Å². The number of rotatable bonds is 11. The molecule has 0 aliphatic carbocycles. The molecular formula is C39H45N5O8. The first-order valence-corrected chi connectivity index (χ1v) is 17.1. The van der Waals surface area contributed by atoms with E-state index in [1.165, 1.54) is 4.90 Å². The number of carbonyl (C=O) groups excluding carboxylic acids is 3. The SMILES string of the molecule is Cc1cc(C(Nc2ccc3cc[nH]c(=O)c3c2)C(=O)O)ccc1[C@@H](C)COC(=O)Nc1ccc(N2CCCC2=O)c(CN(C)C(=O)OC(C)(C)C)c1. The van der Waals surface area contributed by atoms with Crippen LogP contribution in [0.25, 0.3) is 10.8 Å². The molecule has 1 fully saturated rings. The third-order valence-corrected chi connectivity index (χ3v) is 8.76. The van der Waals surface area contributed by atoms with Crippen LogP contribution in [0.3, 0.4) is 0 Å². The molecule has 3 aromatic carbocycles. The molecule has 1 saturated heterocycles. The van der Waals surface area contributed by atoms with Gasteiger partial charge >= 0.3 is 18.2 Å². The second-order valence-corrected chi connectivity index (χ2v) is 14.1. The van der Waals surface area contributed by atoms with Crippen LogP contribution < -0.4 is 21.1 Å². The number of nitrogens with zero attached hydrogens (tertiary/aromatic N) is 2. The number of aromatic nitrogens is 1. The van der Waals surface area contributed by atoms with Crippen LogP contribution in [-0.4, -0.2) is 64.9 Å². The Bertz CT molecular complexity index is 2050. The predicted octanol–water partition coefficient (Wildman–Crippen LogP) is 6.92. The minimum Gasteiger partial charge on any atom is -0.479 e. The van der Waals surface area contributed by atoms with E-state index < -0.39 is 29.8 Å². The first kappa shape index (κ1) is 37.4. The molecule has 0 saturated carbocycles. The average molecular weight is 712 g/mol. The zero-order valence-electron chi connectivity index (χ0n) is 30.2. The van der Waals surface area contributed by atoms with E-state index in [4.69, 9.17) is 9.47 Å². The second kappa shape index (κ2) is 15.6. The zero-order chi connectivity index (χ0) is 37.7. The maximum atomic E-state index is 12.9. The molecule has 13 nitrogen and oxygen atoms in total. The number of carbonyl (C=O) groups is 4. The van der Waals surface area contributed by atoms with Gasteiger partial charge in [0.05, 0.1) is 13.2 Å². The van der Waals surface area contributed by atoms with Crippen molar-refractivity contribution in [3.05, 3.63) is 99.5 Å². The molecule has 274 valence electrons. The fourth-order valence-corrected chi connectivity index (χ4v) is 6.22. The summed E-state index contributed by atoms with van der Waals surface area (Å²) in [6.07, 6.45) is 1.55. The number of aryl methyl sites for hydroxylation is 1. The molecule has 3 amide bonds. The maximum absolute atomic E-state index is 12.9. The lowest BCUT2D eigenvalue weighted by Gasteiger charge is -2.27. The van der Waals surface area contributed by atoms with Gasteiger partial charge in [0.15, 0.2) is 6.04 Å². The van der Waals surface area contributed by atoms with Gasteiger partial charge in [-0.05, 0) is 98.2 Å². The molecule has 2 atom stereocenters. The lowest BCUT2D eigenvalue weighted by molar-refractivity contribution is -0.138. The van der Waals surface area contributed by atoms with E-state index in [9.17, 15) is 29.1 Å². The van der Waals surface area contributed by atoms with Gasteiger partial charge in [0.25, 0.3) is 5.56 Å². The van der Waals surface area contributed by atoms with Crippen molar-refractivity contribution in [2.24, 2.45) is 0 Å². The summed E-state index contributed by atoms with van der Waals surface area (Å²) in [7, 11) is 1.61. The topological polar surface area (TPSA) is 170 Å². The van der Waals surface area contributed by atoms with Crippen LogP contribution in [0.4, 0.5) is 26.7 Å². The van der Waals surface area contributed by atoms with E-state index in [1.807, 2.05) is 19.9 Å². The van der Waals surface area contributed by atoms with Crippen molar-refractivity contribution in [3.63, 3.8) is 0 Å². The van der Waals surface area contributed by atoms with E-state index >= 15 is 0 Å². The van der Waals surface area contributed by atoms with Gasteiger partial charge in [0, 0.05) is 54.6 Å². The van der Waals surface area contributed by atoms with Crippen LogP contribution in [0.5, 0.6) is 0 Å². The number of carboxylic acid groups (broad SMARTS) is 1. The Hall–Kier alpha value is -5.85. The minimum atomic E-state index is -1.08. The number of amides is 3. The smallest absolute Gasteiger partial charge is 0.411 e. The Kier molecular flexibility index (Phi) is 11.2. The Morgan fingerprint density at radius 2 is 1.77 bits per heavy atom. The van der Waals surface area contributed by atoms with Crippen molar-refractivity contribution in [2.75, 3.05) is 35.7 Å². The summed E-state index contributed by atoms with van der Waals surface area (Å²) >= 11 is 0. The molecule has 2 heterocycles. The molecule has 1 unspecified atom stereocenters. The summed E-state index contributed by atoms with van der Waals surface area (Å²) in [4.78, 5) is 68.5. The maximum Gasteiger partial charge on any atom is 0.411 e. The fourth-order valence-electron chi connectivity index (χ4n) is 6.22. The summed E-state index contributed by atoms with van der Waals surface area (Å²) in [5.74, 6) is -1.30. The van der Waals surface area contributed by atoms with E-state index in [0.717, 1.165) is 22.9 Å². The zero-order valence-corrected chi connectivity index (χ0v) is 30.2. The number of aromatic amines is 1. The highest BCUT2D eigenvalue weighted by Crippen LogP contribution is 2.31. The van der Waals surface area contributed by atoms with E-state index in [1.54, 1.807) is 93.5 Å². The number of hydrogen-bond acceptors (Lipinski definition) is 8. The number of anilines is 3. The second-order valence-electron chi connectivity index (χ2n) is 14.1. The van der Waals surface area contributed by atoms with E-state index in [0.29, 0.717) is 46.5 Å². The molecule has 4 aromatic rings. The van der Waals surface area contributed by atoms with Gasteiger partial charge in [-0.15, -0.1) is 0 Å². The van der Waals surface area contributed by atoms with Crippen molar-refractivity contribution < 1.29 is 33.8 Å². The van der Waals surface area contributed by atoms with Crippen LogP contribution in [0.15, 0.2) is 71.7 Å². The normalized spacial score (nSPS) is 14.1. The van der Waals surface area contributed by atoms with Crippen LogP contribution in [-0.2, 0) is 25.6 Å². The highest BCUT2D eigenvalue weighted by molar-refractivity contribution is 5.97. The average Bonchev–Trinajstić information content (AvgIpc) is 3.50. The van der Waals surface area contributed by atoms with Gasteiger partial charge < -0.3 is 34.7 Å². The van der Waals surface area contributed by atoms with Crippen LogP contribution >= 0.6 is 0 Å². The predicted molar refractivity (Wildman–Crippen MR) is 199 cm³/mol. The largest absolute Gasteiger partial charge is 0.479 e. The number of nitrogens with one attached hydrogen (secondary N) is 3. The van der Waals surface area contributed by atoms with E-state index in [2.05, 4.69) is 15.6 Å². The Morgan fingerprint density at radius 1 is 1.02 bits per heavy atom. The molecule has 52 heavy (non-hydrogen) atoms. The number of H-pyrrole nitrogens is 1. The monoisotopic (exact) mass is 711 g/mol. The lowest BCUT2D eigenvalue weighted by atomic mass is 9.93. The highest BCUT2D eigenvalue weighted by atomic mass is 16.6. The Morgan fingerprint density at radius 3 is 2.44 bits per heavy atom. The molecule has 0 spiro atoms. The van der Waals surface area contributed by atoms with Gasteiger partial charge in [0.2, 0.25) is 5.91 Å². The first-order chi connectivity index (χ1) is 24.6. The van der Waals surface area contributed by atoms with Gasteiger partial charge in [-0.2, -0.15) is 0 Å². The number of carboxylic acids is 1. The van der Waals surface area contributed by atoms with Crippen molar-refractivity contribution in [1.82, 2.24) is 9.88 Å². The molecule has 1 aliphatic heterocycles. The Balaban J connectivity index is 1.24. The summed E-state index contributed by atoms with van der Waals surface area (Å²) in [6.45, 7) is 9.88. The number of hydrogen-bond donors (Lipinski definition) is 4. The first-order valence-electron chi connectivity index (χ1n) is 17.1. The van der Waals surface area contributed by atoms with Crippen LogP contribution in [0.2, 0.25) is 0 Å². The molecule has 13 heteroatoms. The molecule has 5 rings (SSSR count). The Labute approximate surface area is 301 Å². The number of aliphatic carboxylic acids is 1. The fraction of sp³-hybridized carbons (Fsp3) is 0.359. The lowest BCUT2D eigenvalue weighted by Crippen LogP contribution is -2.34. The highest BCUT2D eigenvalue weighted by Gasteiger charge is 2.27. The standard InChI is InChI=1S/C39H45N5O8/c1-23-18-26(34(36(47)48)41-29-11-9-25-15-16-40-35(46)31(25)20-29)10-13-30(23)24(2)22-51-37(49)42-28-12-14-32(44-17-7-8-33(44)45)27(19-28)21-43(6)38(50)52-39(3,4)5/h9-16,18-20,24,34,41H,7-8,17,21-22H2,1-6H3,(H,40,46)(H,42,49)(H,47,48)/t24-,34?/m0/s1. The number of pyridine rings is 1. The van der Waals surface area contributed by atoms with E-state index in [-0.39, 0.29) is 30.5 Å². The third kappa shape index (κ3) is 9.08. The molecule has 4 N–H and O–H groups in total. The molecule has 0 radical (unpaired) electrons. The summed E-state index contributed by atoms with van der Waals surface area (Å²) < 4.78 is 11.1. The van der Waals surface area contributed by atoms with Crippen LogP contribution in [0.1, 0.15) is 74.8 Å². The molecule has 1 aliphatic rings. The van der Waals surface area contributed by atoms with Gasteiger partial charge in [-0.1, -0.05) is 31.2 Å². The summed E-state index contributed by atoms with van der Waals surface area (Å²) in [6, 6.07) is 16.3. The van der Waals surface area contributed by atoms with Crippen molar-refractivity contribution in [2.45, 2.75) is 71.6 Å². The number of ether oxygens (including phenoxy) is 2. The molecule has 0 bridgehead atoms. The van der Waals surface area contributed by atoms with Crippen LogP contribution in [0, 0.1) is 6.92 Å². The number of benzene rings is 3. The van der Waals surface area contributed by atoms with Gasteiger partial charge in [-0.25, -0.2) is 14.4 Å². The van der Waals surface area contributed by atoms with Gasteiger partial charge in [-0.3, -0.25) is 14.9 Å². The quantitative estimate of drug-likeness (QED) is 0.129. The summed E-state index contributed by atoms with van der Waals surface area (Å²) in [5.41, 5.74) is 3.54. The molecule has 1 aromatic heterocycles.